The summed E-state index contributed by atoms with van der Waals surface area (Å²) in [6.45, 7) is 2.58. The summed E-state index contributed by atoms with van der Waals surface area (Å²) in [5.41, 5.74) is 5.83. The maximum absolute atomic E-state index is 11.9. The Hall–Kier alpha value is -0.940. The number of nitrogens with two attached hydrogens (primary N) is 1. The van der Waals surface area contributed by atoms with Crippen LogP contribution in [-0.4, -0.2) is 17.4 Å². The summed E-state index contributed by atoms with van der Waals surface area (Å²) in [6, 6.07) is -0.00241. The summed E-state index contributed by atoms with van der Waals surface area (Å²) in [4.78, 5) is 16.1. The Morgan fingerprint density at radius 1 is 1.71 bits per heavy atom. The van der Waals surface area contributed by atoms with Crippen molar-refractivity contribution in [3.05, 3.63) is 16.6 Å². The van der Waals surface area contributed by atoms with E-state index >= 15 is 0 Å². The van der Waals surface area contributed by atoms with E-state index in [-0.39, 0.29) is 17.4 Å². The van der Waals surface area contributed by atoms with E-state index < -0.39 is 0 Å². The van der Waals surface area contributed by atoms with Gasteiger partial charge in [0.15, 0.2) is 0 Å². The van der Waals surface area contributed by atoms with E-state index in [0.29, 0.717) is 13.0 Å². The number of carbonyl (C=O) groups excluding carboxylic acids is 1. The summed E-state index contributed by atoms with van der Waals surface area (Å²) < 4.78 is 0. The van der Waals surface area contributed by atoms with Gasteiger partial charge in [0.2, 0.25) is 5.91 Å². The van der Waals surface area contributed by atoms with Crippen LogP contribution in [0.1, 0.15) is 43.7 Å². The molecule has 0 aliphatic heterocycles. The third kappa shape index (κ3) is 2.84. The van der Waals surface area contributed by atoms with Gasteiger partial charge in [-0.25, -0.2) is 4.98 Å². The molecule has 0 aromatic carbocycles. The van der Waals surface area contributed by atoms with Crippen molar-refractivity contribution in [1.82, 2.24) is 10.3 Å². The number of nitrogens with zero attached hydrogens (tertiary/aromatic N) is 1. The lowest BCUT2D eigenvalue weighted by Crippen LogP contribution is -2.42. The molecule has 1 saturated carbocycles. The first-order valence-electron chi connectivity index (χ1n) is 6.04. The molecule has 1 aromatic rings. The Bertz CT molecular complexity index is 368. The third-order valence-electron chi connectivity index (χ3n) is 3.58. The number of hydrogen-bond donors (Lipinski definition) is 2. The lowest BCUT2D eigenvalue weighted by atomic mass is 9.66. The second-order valence-corrected chi connectivity index (χ2v) is 5.82. The van der Waals surface area contributed by atoms with Gasteiger partial charge in [-0.1, -0.05) is 6.42 Å². The van der Waals surface area contributed by atoms with Crippen LogP contribution in [0.15, 0.2) is 11.6 Å². The van der Waals surface area contributed by atoms with Crippen molar-refractivity contribution in [2.45, 2.75) is 38.6 Å². The van der Waals surface area contributed by atoms with E-state index in [9.17, 15) is 4.79 Å². The van der Waals surface area contributed by atoms with E-state index in [2.05, 4.69) is 10.3 Å². The molecular formula is C12H19N3OS. The Labute approximate surface area is 106 Å². The molecule has 0 saturated heterocycles. The van der Waals surface area contributed by atoms with Crippen LogP contribution in [-0.2, 0) is 4.79 Å². The highest BCUT2D eigenvalue weighted by molar-refractivity contribution is 7.09. The number of rotatable bonds is 5. The molecule has 1 atom stereocenters. The minimum absolute atomic E-state index is 0.00241. The molecule has 0 radical (unpaired) electrons. The van der Waals surface area contributed by atoms with E-state index in [1.54, 1.807) is 17.5 Å². The van der Waals surface area contributed by atoms with Crippen LogP contribution in [0.4, 0.5) is 0 Å². The average molecular weight is 253 g/mol. The minimum Gasteiger partial charge on any atom is -0.347 e. The van der Waals surface area contributed by atoms with Crippen molar-refractivity contribution in [1.29, 1.82) is 0 Å². The molecular weight excluding hydrogens is 234 g/mol. The highest BCUT2D eigenvalue weighted by atomic mass is 32.1. The largest absolute Gasteiger partial charge is 0.347 e. The lowest BCUT2D eigenvalue weighted by Gasteiger charge is -2.40. The fourth-order valence-corrected chi connectivity index (χ4v) is 2.92. The highest BCUT2D eigenvalue weighted by Crippen LogP contribution is 2.42. The third-order valence-corrected chi connectivity index (χ3v) is 4.54. The second-order valence-electron chi connectivity index (χ2n) is 4.89. The van der Waals surface area contributed by atoms with Crippen molar-refractivity contribution >= 4 is 17.2 Å². The molecule has 1 unspecified atom stereocenters. The van der Waals surface area contributed by atoms with Crippen molar-refractivity contribution in [3.8, 4) is 0 Å². The van der Waals surface area contributed by atoms with Gasteiger partial charge >= 0.3 is 0 Å². The van der Waals surface area contributed by atoms with Crippen LogP contribution in [0.3, 0.4) is 0 Å². The number of thiazole rings is 1. The zero-order valence-corrected chi connectivity index (χ0v) is 10.9. The lowest BCUT2D eigenvalue weighted by molar-refractivity contribution is -0.125. The van der Waals surface area contributed by atoms with Crippen molar-refractivity contribution < 1.29 is 4.79 Å². The van der Waals surface area contributed by atoms with Gasteiger partial charge in [0.1, 0.15) is 5.01 Å². The molecule has 94 valence electrons. The molecule has 17 heavy (non-hydrogen) atoms. The molecule has 1 amide bonds. The maximum Gasteiger partial charge on any atom is 0.221 e. The van der Waals surface area contributed by atoms with Crippen LogP contribution in [0.5, 0.6) is 0 Å². The standard InChI is InChI=1S/C12H19N3OS/c1-9(11-14-5-6-17-11)15-10(16)7-12(8-13)3-2-4-12/h5-6,9H,2-4,7-8,13H2,1H3,(H,15,16). The molecule has 0 bridgehead atoms. The van der Waals surface area contributed by atoms with Crippen LogP contribution in [0, 0.1) is 5.41 Å². The second kappa shape index (κ2) is 5.14. The van der Waals surface area contributed by atoms with Gasteiger partial charge in [0.25, 0.3) is 0 Å². The Morgan fingerprint density at radius 3 is 2.94 bits per heavy atom. The van der Waals surface area contributed by atoms with E-state index in [4.69, 9.17) is 5.73 Å². The number of carbonyl (C=O) groups is 1. The van der Waals surface area contributed by atoms with Gasteiger partial charge < -0.3 is 11.1 Å². The van der Waals surface area contributed by atoms with Gasteiger partial charge in [0.05, 0.1) is 6.04 Å². The number of amides is 1. The summed E-state index contributed by atoms with van der Waals surface area (Å²) in [7, 11) is 0. The monoisotopic (exact) mass is 253 g/mol. The van der Waals surface area contributed by atoms with Crippen molar-refractivity contribution in [2.24, 2.45) is 11.1 Å². The van der Waals surface area contributed by atoms with Crippen molar-refractivity contribution in [2.75, 3.05) is 6.54 Å². The molecule has 1 fully saturated rings. The average Bonchev–Trinajstić information content (AvgIpc) is 2.76. The van der Waals surface area contributed by atoms with Gasteiger partial charge in [-0.3, -0.25) is 4.79 Å². The van der Waals surface area contributed by atoms with E-state index in [1.807, 2.05) is 12.3 Å². The zero-order valence-electron chi connectivity index (χ0n) is 10.1. The fourth-order valence-electron chi connectivity index (χ4n) is 2.27. The number of hydrogen-bond acceptors (Lipinski definition) is 4. The smallest absolute Gasteiger partial charge is 0.221 e. The maximum atomic E-state index is 11.9. The van der Waals surface area contributed by atoms with Gasteiger partial charge in [-0.2, -0.15) is 0 Å². The normalized spacial score (nSPS) is 19.4. The summed E-state index contributed by atoms with van der Waals surface area (Å²) in [5.74, 6) is 0.0952. The molecule has 1 aromatic heterocycles. The molecule has 0 spiro atoms. The Balaban J connectivity index is 1.85. The number of aromatic nitrogens is 1. The Kier molecular flexibility index (Phi) is 3.79. The predicted octanol–water partition coefficient (Wildman–Crippen LogP) is 1.84. The van der Waals surface area contributed by atoms with Crippen LogP contribution in [0.2, 0.25) is 0 Å². The fraction of sp³-hybridized carbons (Fsp3) is 0.667. The van der Waals surface area contributed by atoms with Gasteiger partial charge in [0, 0.05) is 18.0 Å². The van der Waals surface area contributed by atoms with Crippen LogP contribution >= 0.6 is 11.3 Å². The quantitative estimate of drug-likeness (QED) is 0.841. The topological polar surface area (TPSA) is 68.0 Å². The first-order valence-corrected chi connectivity index (χ1v) is 6.92. The summed E-state index contributed by atoms with van der Waals surface area (Å²) in [5, 5.41) is 5.87. The highest BCUT2D eigenvalue weighted by Gasteiger charge is 2.37. The van der Waals surface area contributed by atoms with Crippen LogP contribution < -0.4 is 11.1 Å². The van der Waals surface area contributed by atoms with Crippen molar-refractivity contribution in [3.63, 3.8) is 0 Å². The number of nitrogens with one attached hydrogen (secondary N) is 1. The predicted molar refractivity (Wildman–Crippen MR) is 68.6 cm³/mol. The zero-order chi connectivity index (χ0) is 12.3. The molecule has 4 nitrogen and oxygen atoms in total. The first kappa shape index (κ1) is 12.5. The minimum atomic E-state index is -0.00241. The SMILES string of the molecule is CC(NC(=O)CC1(CN)CCC1)c1nccs1. The van der Waals surface area contributed by atoms with E-state index in [0.717, 1.165) is 17.8 Å². The molecule has 3 N–H and O–H groups in total. The molecule has 5 heteroatoms. The summed E-state index contributed by atoms with van der Waals surface area (Å²) in [6.07, 6.45) is 5.69. The molecule has 1 aliphatic rings. The summed E-state index contributed by atoms with van der Waals surface area (Å²) >= 11 is 1.57. The molecule has 1 heterocycles. The van der Waals surface area contributed by atoms with Gasteiger partial charge in [-0.05, 0) is 31.7 Å². The molecule has 1 aliphatic carbocycles. The van der Waals surface area contributed by atoms with Crippen LogP contribution in [0.25, 0.3) is 0 Å². The van der Waals surface area contributed by atoms with Gasteiger partial charge in [-0.15, -0.1) is 11.3 Å². The molecule has 2 rings (SSSR count). The first-order chi connectivity index (χ1) is 8.15. The Morgan fingerprint density at radius 2 is 2.47 bits per heavy atom. The van der Waals surface area contributed by atoms with E-state index in [1.165, 1.54) is 6.42 Å².